The second-order valence-corrected chi connectivity index (χ2v) is 9.23. The molecule has 3 rings (SSSR count). The summed E-state index contributed by atoms with van der Waals surface area (Å²) in [5, 5.41) is 12.6. The molecule has 1 aliphatic rings. The monoisotopic (exact) mass is 417 g/mol. The fourth-order valence-electron chi connectivity index (χ4n) is 3.04. The minimum absolute atomic E-state index is 0.0708. The summed E-state index contributed by atoms with van der Waals surface area (Å²) in [5.41, 5.74) is 1.81. The average Bonchev–Trinajstić information content (AvgIpc) is 3.42. The van der Waals surface area contributed by atoms with Gasteiger partial charge in [-0.2, -0.15) is 5.26 Å². The van der Waals surface area contributed by atoms with E-state index in [0.29, 0.717) is 16.3 Å². The van der Waals surface area contributed by atoms with Gasteiger partial charge in [0, 0.05) is 17.1 Å². The minimum Gasteiger partial charge on any atom is -0.326 e. The summed E-state index contributed by atoms with van der Waals surface area (Å²) in [6.45, 7) is 0. The Hall–Kier alpha value is -2.40. The Morgan fingerprint density at radius 3 is 2.29 bits per heavy atom. The summed E-state index contributed by atoms with van der Waals surface area (Å²) in [6.07, 6.45) is 2.69. The van der Waals surface area contributed by atoms with Gasteiger partial charge in [0.1, 0.15) is 0 Å². The summed E-state index contributed by atoms with van der Waals surface area (Å²) < 4.78 is 25.9. The van der Waals surface area contributed by atoms with Crippen LogP contribution in [0.15, 0.2) is 48.5 Å². The van der Waals surface area contributed by atoms with Gasteiger partial charge in [-0.1, -0.05) is 35.9 Å². The molecule has 0 aliphatic heterocycles. The van der Waals surface area contributed by atoms with Crippen molar-refractivity contribution in [2.75, 3.05) is 11.6 Å². The summed E-state index contributed by atoms with van der Waals surface area (Å²) in [5.74, 6) is -0.328. The van der Waals surface area contributed by atoms with Gasteiger partial charge < -0.3 is 5.32 Å². The summed E-state index contributed by atoms with van der Waals surface area (Å²) in [6, 6.07) is 15.5. The maximum Gasteiger partial charge on any atom is 0.226 e. The van der Waals surface area contributed by atoms with E-state index in [1.165, 1.54) is 0 Å². The van der Waals surface area contributed by atoms with E-state index >= 15 is 0 Å². The lowest BCUT2D eigenvalue weighted by atomic mass is 9.97. The molecule has 8 heteroatoms. The van der Waals surface area contributed by atoms with Crippen molar-refractivity contribution in [1.29, 1.82) is 5.26 Å². The molecular formula is C20H20ClN3O3S. The largest absolute Gasteiger partial charge is 0.326 e. The molecule has 0 unspecified atom stereocenters. The Morgan fingerprint density at radius 1 is 1.18 bits per heavy atom. The van der Waals surface area contributed by atoms with Gasteiger partial charge in [0.05, 0.1) is 23.8 Å². The van der Waals surface area contributed by atoms with E-state index in [1.807, 2.05) is 12.1 Å². The van der Waals surface area contributed by atoms with Crippen molar-refractivity contribution in [3.8, 4) is 6.07 Å². The molecule has 2 aromatic carbocycles. The van der Waals surface area contributed by atoms with Gasteiger partial charge >= 0.3 is 0 Å². The molecule has 0 radical (unpaired) electrons. The molecule has 28 heavy (non-hydrogen) atoms. The summed E-state index contributed by atoms with van der Waals surface area (Å²) >= 11 is 5.88. The fraction of sp³-hybridized carbons (Fsp3) is 0.300. The van der Waals surface area contributed by atoms with E-state index in [9.17, 15) is 18.5 Å². The van der Waals surface area contributed by atoms with E-state index in [0.717, 1.165) is 24.7 Å². The number of rotatable bonds is 7. The van der Waals surface area contributed by atoms with Crippen molar-refractivity contribution in [3.05, 3.63) is 64.7 Å². The van der Waals surface area contributed by atoms with Crippen molar-refractivity contribution in [1.82, 2.24) is 4.72 Å². The van der Waals surface area contributed by atoms with Crippen LogP contribution in [-0.2, 0) is 20.2 Å². The Bertz CT molecular complexity index is 1010. The number of halogens is 1. The molecule has 0 aromatic heterocycles. The van der Waals surface area contributed by atoms with Crippen LogP contribution in [0.3, 0.4) is 0 Å². The molecule has 1 amide bonds. The number of anilines is 1. The molecule has 1 aliphatic carbocycles. The third-order valence-corrected chi connectivity index (χ3v) is 5.67. The smallest absolute Gasteiger partial charge is 0.226 e. The van der Waals surface area contributed by atoms with Crippen molar-refractivity contribution in [2.45, 2.75) is 30.7 Å². The molecule has 146 valence electrons. The Kier molecular flexibility index (Phi) is 5.75. The molecule has 1 saturated carbocycles. The van der Waals surface area contributed by atoms with Gasteiger partial charge in [-0.15, -0.1) is 0 Å². The maximum absolute atomic E-state index is 12.5. The van der Waals surface area contributed by atoms with Crippen LogP contribution < -0.4 is 10.0 Å². The highest BCUT2D eigenvalue weighted by Crippen LogP contribution is 2.47. The number of carbonyl (C=O) groups excluding carboxylic acids is 1. The number of benzene rings is 2. The molecule has 0 bridgehead atoms. The third kappa shape index (κ3) is 5.10. The summed E-state index contributed by atoms with van der Waals surface area (Å²) in [4.78, 5) is 12.5. The Balaban J connectivity index is 1.69. The standard InChI is InChI=1S/C20H20ClN3O3S/c1-28(26,27)24-18(14-2-6-16(21)7-3-14)12-19(25)23-17-8-4-15(5-9-17)20(13-22)10-11-20/h2-9,18,24H,10-12H2,1H3,(H,23,25)/t18-/m1/s1. The predicted octanol–water partition coefficient (Wildman–Crippen LogP) is 3.51. The van der Waals surface area contributed by atoms with Crippen LogP contribution >= 0.6 is 11.6 Å². The lowest BCUT2D eigenvalue weighted by Crippen LogP contribution is -2.30. The number of carbonyl (C=O) groups is 1. The molecule has 0 saturated heterocycles. The zero-order valence-corrected chi connectivity index (χ0v) is 16.8. The van der Waals surface area contributed by atoms with Crippen molar-refractivity contribution < 1.29 is 13.2 Å². The lowest BCUT2D eigenvalue weighted by Gasteiger charge is -2.18. The van der Waals surface area contributed by atoms with Gasteiger partial charge in [-0.25, -0.2) is 13.1 Å². The quantitative estimate of drug-likeness (QED) is 0.719. The van der Waals surface area contributed by atoms with Crippen molar-refractivity contribution in [2.24, 2.45) is 0 Å². The average molecular weight is 418 g/mol. The highest BCUT2D eigenvalue weighted by atomic mass is 35.5. The Labute approximate surface area is 169 Å². The zero-order valence-electron chi connectivity index (χ0n) is 15.3. The predicted molar refractivity (Wildman–Crippen MR) is 108 cm³/mol. The van der Waals surface area contributed by atoms with Gasteiger partial charge in [-0.3, -0.25) is 4.79 Å². The number of nitriles is 1. The van der Waals surface area contributed by atoms with Crippen LogP contribution in [0.25, 0.3) is 0 Å². The third-order valence-electron chi connectivity index (χ3n) is 4.70. The first kappa shape index (κ1) is 20.3. The number of nitrogens with zero attached hydrogens (tertiary/aromatic N) is 1. The number of nitrogens with one attached hydrogen (secondary N) is 2. The van der Waals surface area contributed by atoms with Crippen molar-refractivity contribution >= 4 is 33.2 Å². The van der Waals surface area contributed by atoms with Crippen LogP contribution in [0.1, 0.15) is 36.4 Å². The number of sulfonamides is 1. The highest BCUT2D eigenvalue weighted by Gasteiger charge is 2.44. The van der Waals surface area contributed by atoms with Crippen LogP contribution in [0.2, 0.25) is 5.02 Å². The van der Waals surface area contributed by atoms with E-state index < -0.39 is 16.1 Å². The van der Waals surface area contributed by atoms with Crippen LogP contribution in [-0.4, -0.2) is 20.6 Å². The second kappa shape index (κ2) is 7.92. The molecule has 2 aromatic rings. The number of hydrogen-bond donors (Lipinski definition) is 2. The minimum atomic E-state index is -3.51. The van der Waals surface area contributed by atoms with Crippen LogP contribution in [0.4, 0.5) is 5.69 Å². The van der Waals surface area contributed by atoms with E-state index in [4.69, 9.17) is 11.6 Å². The first-order chi connectivity index (χ1) is 13.2. The molecule has 1 atom stereocenters. The highest BCUT2D eigenvalue weighted by molar-refractivity contribution is 7.88. The van der Waals surface area contributed by atoms with Gasteiger partial charge in [-0.05, 0) is 48.2 Å². The topological polar surface area (TPSA) is 99.1 Å². The van der Waals surface area contributed by atoms with E-state index in [-0.39, 0.29) is 17.7 Å². The molecule has 6 nitrogen and oxygen atoms in total. The van der Waals surface area contributed by atoms with Crippen LogP contribution in [0.5, 0.6) is 0 Å². The molecule has 2 N–H and O–H groups in total. The molecular weight excluding hydrogens is 398 g/mol. The summed E-state index contributed by atoms with van der Waals surface area (Å²) in [7, 11) is -3.51. The van der Waals surface area contributed by atoms with E-state index in [2.05, 4.69) is 16.1 Å². The number of hydrogen-bond acceptors (Lipinski definition) is 4. The number of amides is 1. The van der Waals surface area contributed by atoms with Crippen molar-refractivity contribution in [3.63, 3.8) is 0 Å². The Morgan fingerprint density at radius 2 is 1.79 bits per heavy atom. The normalized spacial score (nSPS) is 16.0. The first-order valence-corrected chi connectivity index (χ1v) is 11.0. The second-order valence-electron chi connectivity index (χ2n) is 7.02. The van der Waals surface area contributed by atoms with Crippen LogP contribution in [0, 0.1) is 11.3 Å². The van der Waals surface area contributed by atoms with Gasteiger partial charge in [0.2, 0.25) is 15.9 Å². The SMILES string of the molecule is CS(=O)(=O)N[C@H](CC(=O)Nc1ccc(C2(C#N)CC2)cc1)c1ccc(Cl)cc1. The maximum atomic E-state index is 12.5. The van der Waals surface area contributed by atoms with E-state index in [1.54, 1.807) is 36.4 Å². The zero-order chi connectivity index (χ0) is 20.4. The molecule has 0 spiro atoms. The fourth-order valence-corrected chi connectivity index (χ4v) is 3.90. The lowest BCUT2D eigenvalue weighted by molar-refractivity contribution is -0.116. The van der Waals surface area contributed by atoms with Gasteiger partial charge in [0.25, 0.3) is 0 Å². The first-order valence-electron chi connectivity index (χ1n) is 8.75. The molecule has 0 heterocycles. The molecule has 1 fully saturated rings. The van der Waals surface area contributed by atoms with Gasteiger partial charge in [0.15, 0.2) is 0 Å².